The van der Waals surface area contributed by atoms with E-state index >= 15 is 0 Å². The van der Waals surface area contributed by atoms with Gasteiger partial charge in [-0.1, -0.05) is 6.07 Å². The molecular formula is C5H7N2P. The molecule has 1 aromatic heterocycles. The van der Waals surface area contributed by atoms with Crippen molar-refractivity contribution in [2.45, 2.75) is 0 Å². The molecule has 0 radical (unpaired) electrons. The first-order valence-electron chi connectivity index (χ1n) is 2.31. The van der Waals surface area contributed by atoms with Crippen molar-refractivity contribution in [1.29, 1.82) is 0 Å². The van der Waals surface area contributed by atoms with Gasteiger partial charge in [-0.2, -0.15) is 0 Å². The van der Waals surface area contributed by atoms with Crippen molar-refractivity contribution in [3.8, 4) is 0 Å². The summed E-state index contributed by atoms with van der Waals surface area (Å²) in [5.74, 6) is 0. The molecule has 0 amide bonds. The van der Waals surface area contributed by atoms with E-state index in [0.717, 1.165) is 13.4 Å². The Bertz CT molecular complexity index is 198. The van der Waals surface area contributed by atoms with Gasteiger partial charge < -0.3 is 4.98 Å². The van der Waals surface area contributed by atoms with Crippen molar-refractivity contribution in [3.05, 3.63) is 29.5 Å². The van der Waals surface area contributed by atoms with E-state index < -0.39 is 0 Å². The Morgan fingerprint density at radius 3 is 2.75 bits per heavy atom. The van der Waals surface area contributed by atoms with Crippen LogP contribution in [-0.4, -0.2) is 4.98 Å². The minimum atomic E-state index is 0.794. The third kappa shape index (κ3) is 1.19. The van der Waals surface area contributed by atoms with E-state index in [-0.39, 0.29) is 0 Å². The minimum Gasteiger partial charge on any atom is -0.357 e. The highest BCUT2D eigenvalue weighted by atomic mass is 31.1. The second kappa shape index (κ2) is 2.65. The molecule has 0 saturated heterocycles. The Morgan fingerprint density at radius 1 is 1.50 bits per heavy atom. The molecule has 0 aliphatic carbocycles. The van der Waals surface area contributed by atoms with E-state index in [2.05, 4.69) is 4.98 Å². The van der Waals surface area contributed by atoms with E-state index in [0.29, 0.717) is 0 Å². The van der Waals surface area contributed by atoms with Gasteiger partial charge in [-0.3, -0.25) is 5.50 Å². The summed E-state index contributed by atoms with van der Waals surface area (Å²) < 4.78 is 0. The monoisotopic (exact) mass is 126 g/mol. The van der Waals surface area contributed by atoms with Crippen molar-refractivity contribution in [2.75, 3.05) is 0 Å². The second-order valence-electron chi connectivity index (χ2n) is 1.38. The first kappa shape index (κ1) is 5.54. The van der Waals surface area contributed by atoms with Gasteiger partial charge in [-0.05, 0) is 12.1 Å². The number of aromatic amines is 1. The molecule has 0 fully saturated rings. The van der Waals surface area contributed by atoms with Gasteiger partial charge in [0.2, 0.25) is 0 Å². The highest BCUT2D eigenvalue weighted by molar-refractivity contribution is 7.26. The Morgan fingerprint density at radius 2 is 2.38 bits per heavy atom. The van der Waals surface area contributed by atoms with Crippen molar-refractivity contribution in [3.63, 3.8) is 0 Å². The number of hydrogen-bond acceptors (Lipinski definition) is 1. The number of rotatable bonds is 0. The summed E-state index contributed by atoms with van der Waals surface area (Å²) in [5.41, 5.74) is 5.29. The zero-order valence-electron chi connectivity index (χ0n) is 4.33. The van der Waals surface area contributed by atoms with Gasteiger partial charge in [-0.15, -0.1) is 0 Å². The first-order valence-corrected chi connectivity index (χ1v) is 3.27. The fourth-order valence-corrected chi connectivity index (χ4v) is 0.785. The molecule has 0 saturated carbocycles. The molecule has 0 atom stereocenters. The van der Waals surface area contributed by atoms with Crippen LogP contribution in [-0.2, 0) is 0 Å². The predicted molar refractivity (Wildman–Crippen MR) is 35.1 cm³/mol. The van der Waals surface area contributed by atoms with Gasteiger partial charge >= 0.3 is 0 Å². The summed E-state index contributed by atoms with van der Waals surface area (Å²) >= 11 is 0. The quantitative estimate of drug-likeness (QED) is 0.506. The lowest BCUT2D eigenvalue weighted by Gasteiger charge is -1.80. The second-order valence-corrected chi connectivity index (χ2v) is 2.12. The topological polar surface area (TPSA) is 41.8 Å². The van der Waals surface area contributed by atoms with Crippen molar-refractivity contribution < 1.29 is 0 Å². The van der Waals surface area contributed by atoms with E-state index in [4.69, 9.17) is 5.50 Å². The molecule has 42 valence electrons. The van der Waals surface area contributed by atoms with E-state index in [9.17, 15) is 0 Å². The average molecular weight is 126 g/mol. The van der Waals surface area contributed by atoms with Crippen LogP contribution in [0.25, 0.3) is 0 Å². The Hall–Kier alpha value is -0.590. The van der Waals surface area contributed by atoms with E-state index in [1.807, 2.05) is 24.4 Å². The Kier molecular flexibility index (Phi) is 1.84. The molecule has 1 aromatic rings. The van der Waals surface area contributed by atoms with Gasteiger partial charge in [0.1, 0.15) is 0 Å². The normalized spacial score (nSPS) is 11.9. The summed E-state index contributed by atoms with van der Waals surface area (Å²) in [5, 5.41) is 1.03. The van der Waals surface area contributed by atoms with Crippen LogP contribution in [0.15, 0.2) is 24.4 Å². The molecule has 0 spiro atoms. The zero-order chi connectivity index (χ0) is 5.82. The number of nitrogens with one attached hydrogen (secondary N) is 1. The molecule has 8 heavy (non-hydrogen) atoms. The molecule has 0 bridgehead atoms. The summed E-state index contributed by atoms with van der Waals surface area (Å²) in [7, 11) is 0.794. The molecule has 0 aliphatic rings. The summed E-state index contributed by atoms with van der Waals surface area (Å²) in [6.07, 6.45) is 1.86. The molecule has 3 N–H and O–H groups in total. The zero-order valence-corrected chi connectivity index (χ0v) is 5.23. The fraction of sp³-hybridized carbons (Fsp3) is 0. The molecular weight excluding hydrogens is 119 g/mol. The first-order chi connectivity index (χ1) is 3.93. The SMILES string of the molecule is NP=c1cccc[nH]1. The van der Waals surface area contributed by atoms with Crippen LogP contribution in [0.5, 0.6) is 0 Å². The highest BCUT2D eigenvalue weighted by Crippen LogP contribution is 1.89. The van der Waals surface area contributed by atoms with Gasteiger partial charge in [0, 0.05) is 14.6 Å². The summed E-state index contributed by atoms with van der Waals surface area (Å²) in [6.45, 7) is 0. The van der Waals surface area contributed by atoms with Crippen molar-refractivity contribution in [1.82, 2.24) is 4.98 Å². The van der Waals surface area contributed by atoms with Crippen LogP contribution in [0.4, 0.5) is 0 Å². The molecule has 0 aromatic carbocycles. The van der Waals surface area contributed by atoms with Crippen LogP contribution >= 0.6 is 8.35 Å². The highest BCUT2D eigenvalue weighted by Gasteiger charge is 1.68. The van der Waals surface area contributed by atoms with Crippen molar-refractivity contribution >= 4 is 8.35 Å². The Balaban J connectivity index is 3.20. The number of nitrogens with two attached hydrogens (primary N) is 1. The molecule has 0 unspecified atom stereocenters. The predicted octanol–water partition coefficient (Wildman–Crippen LogP) is 1.37. The number of pyridine rings is 1. The van der Waals surface area contributed by atoms with Gasteiger partial charge in [0.15, 0.2) is 0 Å². The lowest BCUT2D eigenvalue weighted by Crippen LogP contribution is -1.71. The average Bonchev–Trinajstić information content (AvgIpc) is 1.90. The van der Waals surface area contributed by atoms with E-state index in [1.54, 1.807) is 0 Å². The molecule has 1 rings (SSSR count). The Labute approximate surface area is 49.2 Å². The maximum atomic E-state index is 5.29. The molecule has 1 heterocycles. The standard InChI is InChI=1S/C5H7N2P/c6-8-5-3-1-2-4-7-5/h1-4,7H,6H2. The van der Waals surface area contributed by atoms with Crippen LogP contribution in [0.3, 0.4) is 0 Å². The van der Waals surface area contributed by atoms with Crippen LogP contribution in [0.2, 0.25) is 0 Å². The number of H-pyrrole nitrogens is 1. The molecule has 0 aliphatic heterocycles. The number of aromatic nitrogens is 1. The van der Waals surface area contributed by atoms with Gasteiger partial charge in [0.25, 0.3) is 0 Å². The van der Waals surface area contributed by atoms with Gasteiger partial charge in [0.05, 0.1) is 5.07 Å². The van der Waals surface area contributed by atoms with Crippen LogP contribution in [0.1, 0.15) is 0 Å². The van der Waals surface area contributed by atoms with Crippen LogP contribution < -0.4 is 5.50 Å². The third-order valence-corrected chi connectivity index (χ3v) is 1.39. The molecule has 3 heteroatoms. The van der Waals surface area contributed by atoms with E-state index in [1.165, 1.54) is 0 Å². The minimum absolute atomic E-state index is 0.794. The van der Waals surface area contributed by atoms with Crippen molar-refractivity contribution in [2.24, 2.45) is 5.50 Å². The largest absolute Gasteiger partial charge is 0.357 e. The fourth-order valence-electron chi connectivity index (χ4n) is 0.464. The lowest BCUT2D eigenvalue weighted by molar-refractivity contribution is 1.29. The maximum Gasteiger partial charge on any atom is 0.0769 e. The number of hydrogen-bond donors (Lipinski definition) is 2. The van der Waals surface area contributed by atoms with Gasteiger partial charge in [-0.25, -0.2) is 0 Å². The smallest absolute Gasteiger partial charge is 0.0769 e. The summed E-state index contributed by atoms with van der Waals surface area (Å²) in [4.78, 5) is 2.98. The maximum absolute atomic E-state index is 5.29. The molecule has 2 nitrogen and oxygen atoms in total. The lowest BCUT2D eigenvalue weighted by atomic mass is 10.5. The third-order valence-electron chi connectivity index (χ3n) is 0.832. The van der Waals surface area contributed by atoms with Crippen LogP contribution in [0, 0.1) is 5.07 Å². The summed E-state index contributed by atoms with van der Waals surface area (Å²) in [6, 6.07) is 5.82.